The van der Waals surface area contributed by atoms with Crippen molar-refractivity contribution >= 4 is 19.1 Å². The van der Waals surface area contributed by atoms with Crippen LogP contribution in [-0.2, 0) is 14.4 Å². The fourth-order valence-corrected chi connectivity index (χ4v) is 2.50. The number of hydrogen-bond donors (Lipinski definition) is 2. The normalized spacial score (nSPS) is 15.9. The highest BCUT2D eigenvalue weighted by Gasteiger charge is 2.37. The Labute approximate surface area is 123 Å². The van der Waals surface area contributed by atoms with Crippen LogP contribution in [0.4, 0.5) is 8.78 Å². The molecule has 0 bridgehead atoms. The van der Waals surface area contributed by atoms with E-state index in [1.54, 1.807) is 0 Å². The molecule has 0 saturated carbocycles. The Kier molecular flexibility index (Phi) is 8.73. The molecule has 0 heterocycles. The van der Waals surface area contributed by atoms with Crippen molar-refractivity contribution in [3.8, 4) is 0 Å². The Morgan fingerprint density at radius 3 is 2.10 bits per heavy atom. The summed E-state index contributed by atoms with van der Waals surface area (Å²) in [5.74, 6) is -1.36. The van der Waals surface area contributed by atoms with Gasteiger partial charge in [0.05, 0.1) is 0 Å². The fourth-order valence-electron chi connectivity index (χ4n) is 2.50. The largest absolute Gasteiger partial charge is 0.359 e. The van der Waals surface area contributed by atoms with Gasteiger partial charge in [0.15, 0.2) is 0 Å². The van der Waals surface area contributed by atoms with Gasteiger partial charge in [0.1, 0.15) is 6.29 Å². The van der Waals surface area contributed by atoms with Crippen molar-refractivity contribution in [2.75, 3.05) is 6.54 Å². The lowest BCUT2D eigenvalue weighted by Crippen LogP contribution is -2.49. The van der Waals surface area contributed by atoms with E-state index in [2.05, 4.69) is 10.6 Å². The standard InChI is InChI=1S/C14H24F2N2O3/c1-14(2,3)13(18-9-21)11(7-19)10(6-12(15)16)4-5-17-8-20/h7-13H,4-6H2,1-3H3,(H,17,20)(H,18,21)/t10?,11?,13-/m1/s1. The SMILES string of the molecule is CC(C)(C)[C@H](NC=O)C(C=O)C(CCNC=O)CC(F)F. The van der Waals surface area contributed by atoms with Crippen LogP contribution in [0.25, 0.3) is 0 Å². The first-order valence-electron chi connectivity index (χ1n) is 6.88. The molecule has 0 radical (unpaired) electrons. The van der Waals surface area contributed by atoms with Gasteiger partial charge in [-0.15, -0.1) is 0 Å². The average molecular weight is 306 g/mol. The summed E-state index contributed by atoms with van der Waals surface area (Å²) in [4.78, 5) is 32.4. The molecule has 0 saturated heterocycles. The molecule has 0 aliphatic rings. The summed E-state index contributed by atoms with van der Waals surface area (Å²) in [7, 11) is 0. The Bertz CT molecular complexity index is 333. The van der Waals surface area contributed by atoms with Gasteiger partial charge in [-0.05, 0) is 17.8 Å². The highest BCUT2D eigenvalue weighted by Crippen LogP contribution is 2.32. The van der Waals surface area contributed by atoms with Gasteiger partial charge in [-0.2, -0.15) is 0 Å². The van der Waals surface area contributed by atoms with Crippen molar-refractivity contribution in [1.29, 1.82) is 0 Å². The summed E-state index contributed by atoms with van der Waals surface area (Å²) in [5.41, 5.74) is -0.453. The second kappa shape index (κ2) is 9.41. The summed E-state index contributed by atoms with van der Waals surface area (Å²) in [5, 5.41) is 4.98. The molecule has 122 valence electrons. The number of rotatable bonds is 11. The van der Waals surface area contributed by atoms with Crippen LogP contribution in [0.15, 0.2) is 0 Å². The molecular formula is C14H24F2N2O3. The number of hydrogen-bond acceptors (Lipinski definition) is 3. The number of halogens is 2. The first kappa shape index (κ1) is 19.5. The summed E-state index contributed by atoms with van der Waals surface area (Å²) in [6.07, 6.45) is -1.15. The molecule has 0 spiro atoms. The highest BCUT2D eigenvalue weighted by atomic mass is 19.3. The van der Waals surface area contributed by atoms with Gasteiger partial charge in [-0.3, -0.25) is 9.59 Å². The van der Waals surface area contributed by atoms with Gasteiger partial charge < -0.3 is 15.4 Å². The number of alkyl halides is 2. The van der Waals surface area contributed by atoms with Crippen molar-refractivity contribution in [1.82, 2.24) is 10.6 Å². The third-order valence-corrected chi connectivity index (χ3v) is 3.49. The van der Waals surface area contributed by atoms with Gasteiger partial charge in [0, 0.05) is 24.9 Å². The molecule has 0 fully saturated rings. The van der Waals surface area contributed by atoms with E-state index in [9.17, 15) is 23.2 Å². The molecule has 2 amide bonds. The van der Waals surface area contributed by atoms with Crippen LogP contribution < -0.4 is 10.6 Å². The van der Waals surface area contributed by atoms with E-state index in [4.69, 9.17) is 0 Å². The van der Waals surface area contributed by atoms with Crippen LogP contribution in [0.2, 0.25) is 0 Å². The molecule has 0 aliphatic carbocycles. The lowest BCUT2D eigenvalue weighted by molar-refractivity contribution is -0.117. The number of carbonyl (C=O) groups is 3. The maximum Gasteiger partial charge on any atom is 0.238 e. The molecule has 0 aromatic carbocycles. The molecule has 0 aromatic rings. The number of nitrogens with one attached hydrogen (secondary N) is 2. The van der Waals surface area contributed by atoms with Crippen molar-refractivity contribution in [3.63, 3.8) is 0 Å². The van der Waals surface area contributed by atoms with Crippen LogP contribution in [0.3, 0.4) is 0 Å². The predicted octanol–water partition coefficient (Wildman–Crippen LogP) is 1.37. The Balaban J connectivity index is 5.17. The van der Waals surface area contributed by atoms with E-state index in [1.807, 2.05) is 20.8 Å². The van der Waals surface area contributed by atoms with Crippen molar-refractivity contribution in [2.24, 2.45) is 17.3 Å². The lowest BCUT2D eigenvalue weighted by atomic mass is 9.72. The Hall–Kier alpha value is -1.53. The second-order valence-electron chi connectivity index (χ2n) is 6.09. The molecule has 2 unspecified atom stereocenters. The minimum atomic E-state index is -2.55. The summed E-state index contributed by atoms with van der Waals surface area (Å²) in [6.45, 7) is 5.69. The number of aldehydes is 1. The average Bonchev–Trinajstić information content (AvgIpc) is 2.36. The summed E-state index contributed by atoms with van der Waals surface area (Å²) < 4.78 is 25.5. The van der Waals surface area contributed by atoms with Crippen molar-refractivity contribution in [2.45, 2.75) is 46.1 Å². The van der Waals surface area contributed by atoms with E-state index in [-0.39, 0.29) is 13.0 Å². The third kappa shape index (κ3) is 7.15. The van der Waals surface area contributed by atoms with Crippen LogP contribution >= 0.6 is 0 Å². The minimum absolute atomic E-state index is 0.211. The molecule has 3 atom stereocenters. The van der Waals surface area contributed by atoms with Gasteiger partial charge in [-0.1, -0.05) is 20.8 Å². The molecule has 2 N–H and O–H groups in total. The molecule has 0 aromatic heterocycles. The number of carbonyl (C=O) groups excluding carboxylic acids is 3. The van der Waals surface area contributed by atoms with Gasteiger partial charge in [0.2, 0.25) is 19.2 Å². The smallest absolute Gasteiger partial charge is 0.238 e. The summed E-state index contributed by atoms with van der Waals surface area (Å²) in [6, 6.07) is -0.549. The molecule has 5 nitrogen and oxygen atoms in total. The van der Waals surface area contributed by atoms with Crippen LogP contribution in [-0.4, -0.2) is 38.1 Å². The van der Waals surface area contributed by atoms with E-state index in [0.717, 1.165) is 0 Å². The van der Waals surface area contributed by atoms with Gasteiger partial charge >= 0.3 is 0 Å². The predicted molar refractivity (Wildman–Crippen MR) is 74.8 cm³/mol. The molecule has 21 heavy (non-hydrogen) atoms. The highest BCUT2D eigenvalue weighted by molar-refractivity contribution is 5.58. The fraction of sp³-hybridized carbons (Fsp3) is 0.786. The van der Waals surface area contributed by atoms with Gasteiger partial charge in [-0.25, -0.2) is 8.78 Å². The maximum atomic E-state index is 12.7. The topological polar surface area (TPSA) is 75.3 Å². The van der Waals surface area contributed by atoms with E-state index in [1.165, 1.54) is 0 Å². The summed E-state index contributed by atoms with van der Waals surface area (Å²) >= 11 is 0. The third-order valence-electron chi connectivity index (χ3n) is 3.49. The first-order valence-corrected chi connectivity index (χ1v) is 6.88. The first-order chi connectivity index (χ1) is 9.77. The molecule has 0 rings (SSSR count). The zero-order chi connectivity index (χ0) is 16.5. The van der Waals surface area contributed by atoms with Crippen molar-refractivity contribution in [3.05, 3.63) is 0 Å². The lowest BCUT2D eigenvalue weighted by Gasteiger charge is -2.38. The zero-order valence-corrected chi connectivity index (χ0v) is 12.6. The molecular weight excluding hydrogens is 282 g/mol. The maximum absolute atomic E-state index is 12.7. The van der Waals surface area contributed by atoms with Crippen LogP contribution in [0.5, 0.6) is 0 Å². The Morgan fingerprint density at radius 1 is 1.10 bits per heavy atom. The van der Waals surface area contributed by atoms with E-state index >= 15 is 0 Å². The van der Waals surface area contributed by atoms with Crippen LogP contribution in [0, 0.1) is 17.3 Å². The second-order valence-corrected chi connectivity index (χ2v) is 6.09. The monoisotopic (exact) mass is 306 g/mol. The van der Waals surface area contributed by atoms with Gasteiger partial charge in [0.25, 0.3) is 0 Å². The van der Waals surface area contributed by atoms with Crippen LogP contribution in [0.1, 0.15) is 33.6 Å². The van der Waals surface area contributed by atoms with E-state index < -0.39 is 36.1 Å². The zero-order valence-electron chi connectivity index (χ0n) is 12.6. The van der Waals surface area contributed by atoms with Crippen molar-refractivity contribution < 1.29 is 23.2 Å². The molecule has 0 aliphatic heterocycles. The van der Waals surface area contributed by atoms with E-state index in [0.29, 0.717) is 19.1 Å². The Morgan fingerprint density at radius 2 is 1.71 bits per heavy atom. The number of amides is 2. The molecule has 7 heteroatoms. The quantitative estimate of drug-likeness (QED) is 0.447. The minimum Gasteiger partial charge on any atom is -0.359 e.